The Morgan fingerprint density at radius 1 is 0.771 bits per heavy atom. The van der Waals surface area contributed by atoms with Crippen LogP contribution in [0.15, 0.2) is 24.3 Å². The summed E-state index contributed by atoms with van der Waals surface area (Å²) in [6.45, 7) is 14.4. The second kappa shape index (κ2) is 14.2. The SMILES string of the molecule is CC(=O)CCCCCCC(=O)Nc1ccc(C(C(=O)CCC(C)(C)C)C(=O)NCC(C)(C)C)cc1. The van der Waals surface area contributed by atoms with Gasteiger partial charge in [-0.25, -0.2) is 0 Å². The van der Waals surface area contributed by atoms with E-state index in [1.165, 1.54) is 0 Å². The number of unbranched alkanes of at least 4 members (excludes halogenated alkanes) is 3. The number of rotatable bonds is 14. The molecule has 6 heteroatoms. The maximum absolute atomic E-state index is 13.1. The number of ketones is 2. The van der Waals surface area contributed by atoms with Gasteiger partial charge in [-0.05, 0) is 54.7 Å². The summed E-state index contributed by atoms with van der Waals surface area (Å²) >= 11 is 0. The Hall–Kier alpha value is -2.50. The largest absolute Gasteiger partial charge is 0.355 e. The molecule has 0 aliphatic rings. The maximum atomic E-state index is 13.1. The second-order valence-corrected chi connectivity index (χ2v) is 12.0. The zero-order chi connectivity index (χ0) is 26.6. The number of nitrogens with one attached hydrogen (secondary N) is 2. The van der Waals surface area contributed by atoms with Gasteiger partial charge in [-0.1, -0.05) is 66.5 Å². The van der Waals surface area contributed by atoms with E-state index >= 15 is 0 Å². The molecular formula is C29H46N2O4. The molecule has 0 aliphatic carbocycles. The van der Waals surface area contributed by atoms with Crippen molar-refractivity contribution in [3.8, 4) is 0 Å². The molecule has 1 atom stereocenters. The van der Waals surface area contributed by atoms with E-state index in [4.69, 9.17) is 0 Å². The summed E-state index contributed by atoms with van der Waals surface area (Å²) in [5, 5.41) is 5.83. The third kappa shape index (κ3) is 13.8. The molecule has 6 nitrogen and oxygen atoms in total. The molecule has 2 amide bonds. The fourth-order valence-electron chi connectivity index (χ4n) is 3.58. The summed E-state index contributed by atoms with van der Waals surface area (Å²) < 4.78 is 0. The molecule has 0 saturated carbocycles. The monoisotopic (exact) mass is 486 g/mol. The third-order valence-electron chi connectivity index (χ3n) is 5.71. The predicted octanol–water partition coefficient (Wildman–Crippen LogP) is 6.20. The minimum Gasteiger partial charge on any atom is -0.355 e. The lowest BCUT2D eigenvalue weighted by molar-refractivity contribution is -0.131. The molecule has 2 N–H and O–H groups in total. The second-order valence-electron chi connectivity index (χ2n) is 12.0. The Morgan fingerprint density at radius 2 is 1.34 bits per heavy atom. The lowest BCUT2D eigenvalue weighted by Gasteiger charge is -2.23. The van der Waals surface area contributed by atoms with Crippen molar-refractivity contribution < 1.29 is 19.2 Å². The topological polar surface area (TPSA) is 92.3 Å². The van der Waals surface area contributed by atoms with Gasteiger partial charge < -0.3 is 15.4 Å². The lowest BCUT2D eigenvalue weighted by Crippen LogP contribution is -2.38. The van der Waals surface area contributed by atoms with Crippen LogP contribution in [0.1, 0.15) is 111 Å². The van der Waals surface area contributed by atoms with E-state index in [0.29, 0.717) is 43.5 Å². The van der Waals surface area contributed by atoms with Crippen molar-refractivity contribution in [2.45, 2.75) is 106 Å². The number of Topliss-reactive ketones (excluding diaryl/α,β-unsaturated/α-hetero) is 2. The first-order valence-electron chi connectivity index (χ1n) is 12.9. The van der Waals surface area contributed by atoms with Crippen LogP contribution < -0.4 is 10.6 Å². The molecule has 1 unspecified atom stereocenters. The highest BCUT2D eigenvalue weighted by atomic mass is 16.2. The van der Waals surface area contributed by atoms with Crippen LogP contribution in [-0.4, -0.2) is 29.9 Å². The quantitative estimate of drug-likeness (QED) is 0.242. The molecule has 1 rings (SSSR count). The van der Waals surface area contributed by atoms with Gasteiger partial charge >= 0.3 is 0 Å². The summed E-state index contributed by atoms with van der Waals surface area (Å²) in [4.78, 5) is 49.4. The first-order valence-corrected chi connectivity index (χ1v) is 12.9. The number of anilines is 1. The zero-order valence-electron chi connectivity index (χ0n) is 22.9. The molecule has 0 saturated heterocycles. The number of carbonyl (C=O) groups is 4. The Labute approximate surface area is 212 Å². The molecule has 196 valence electrons. The molecule has 0 bridgehead atoms. The molecule has 0 fully saturated rings. The molecule has 0 aliphatic heterocycles. The van der Waals surface area contributed by atoms with Crippen LogP contribution in [0.25, 0.3) is 0 Å². The Balaban J connectivity index is 2.77. The molecule has 0 heterocycles. The van der Waals surface area contributed by atoms with Gasteiger partial charge in [-0.3, -0.25) is 14.4 Å². The zero-order valence-corrected chi connectivity index (χ0v) is 22.9. The van der Waals surface area contributed by atoms with E-state index in [-0.39, 0.29) is 34.2 Å². The number of carbonyl (C=O) groups excluding carboxylic acids is 4. The Bertz CT molecular complexity index is 815. The summed E-state index contributed by atoms with van der Waals surface area (Å²) in [6, 6.07) is 7.02. The highest BCUT2D eigenvalue weighted by Crippen LogP contribution is 2.27. The standard InChI is InChI=1S/C29H46N2O4/c1-21(32)12-10-8-9-11-13-25(34)31-23-16-14-22(15-17-23)26(24(33)18-19-28(2,3)4)27(35)30-20-29(5,6)7/h14-17,26H,8-13,18-20H2,1-7H3,(H,30,35)(H,31,34). The minimum absolute atomic E-state index is 0.00363. The van der Waals surface area contributed by atoms with Gasteiger partial charge in [0.2, 0.25) is 11.8 Å². The van der Waals surface area contributed by atoms with Crippen LogP contribution >= 0.6 is 0 Å². The average molecular weight is 487 g/mol. The van der Waals surface area contributed by atoms with Crippen molar-refractivity contribution in [2.24, 2.45) is 10.8 Å². The first-order chi connectivity index (χ1) is 16.2. The average Bonchev–Trinajstić information content (AvgIpc) is 2.73. The van der Waals surface area contributed by atoms with E-state index in [1.54, 1.807) is 31.2 Å². The van der Waals surface area contributed by atoms with Crippen molar-refractivity contribution in [3.05, 3.63) is 29.8 Å². The number of hydrogen-bond acceptors (Lipinski definition) is 4. The Kier molecular flexibility index (Phi) is 12.3. The first kappa shape index (κ1) is 30.5. The van der Waals surface area contributed by atoms with Crippen molar-refractivity contribution in [1.29, 1.82) is 0 Å². The minimum atomic E-state index is -0.862. The normalized spacial score (nSPS) is 12.7. The van der Waals surface area contributed by atoms with Crippen molar-refractivity contribution in [3.63, 3.8) is 0 Å². The lowest BCUT2D eigenvalue weighted by atomic mass is 9.84. The van der Waals surface area contributed by atoms with E-state index in [9.17, 15) is 19.2 Å². The number of benzene rings is 1. The Morgan fingerprint density at radius 3 is 1.86 bits per heavy atom. The van der Waals surface area contributed by atoms with Gasteiger partial charge in [0.05, 0.1) is 0 Å². The summed E-state index contributed by atoms with van der Waals surface area (Å²) in [5.41, 5.74) is 1.20. The highest BCUT2D eigenvalue weighted by molar-refractivity contribution is 6.06. The molecule has 35 heavy (non-hydrogen) atoms. The van der Waals surface area contributed by atoms with Gasteiger partial charge in [0.15, 0.2) is 0 Å². The summed E-state index contributed by atoms with van der Waals surface area (Å²) in [5.74, 6) is -1.09. The predicted molar refractivity (Wildman–Crippen MR) is 142 cm³/mol. The van der Waals surface area contributed by atoms with Crippen LogP contribution in [0, 0.1) is 10.8 Å². The molecule has 0 radical (unpaired) electrons. The van der Waals surface area contributed by atoms with Gasteiger partial charge in [-0.15, -0.1) is 0 Å². The summed E-state index contributed by atoms with van der Waals surface area (Å²) in [7, 11) is 0. The van der Waals surface area contributed by atoms with Crippen LogP contribution in [0.5, 0.6) is 0 Å². The van der Waals surface area contributed by atoms with Crippen molar-refractivity contribution >= 4 is 29.1 Å². The number of hydrogen-bond donors (Lipinski definition) is 2. The molecule has 1 aromatic carbocycles. The van der Waals surface area contributed by atoms with E-state index in [2.05, 4.69) is 31.4 Å². The third-order valence-corrected chi connectivity index (χ3v) is 5.71. The molecule has 1 aromatic rings. The van der Waals surface area contributed by atoms with Crippen LogP contribution in [-0.2, 0) is 19.2 Å². The van der Waals surface area contributed by atoms with E-state index in [0.717, 1.165) is 25.7 Å². The van der Waals surface area contributed by atoms with Gasteiger partial charge in [0.25, 0.3) is 0 Å². The van der Waals surface area contributed by atoms with Crippen molar-refractivity contribution in [2.75, 3.05) is 11.9 Å². The van der Waals surface area contributed by atoms with Crippen molar-refractivity contribution in [1.82, 2.24) is 5.32 Å². The highest BCUT2D eigenvalue weighted by Gasteiger charge is 2.30. The fraction of sp³-hybridized carbons (Fsp3) is 0.655. The van der Waals surface area contributed by atoms with Crippen LogP contribution in [0.3, 0.4) is 0 Å². The molecular weight excluding hydrogens is 440 g/mol. The van der Waals surface area contributed by atoms with Gasteiger partial charge in [0, 0.05) is 31.5 Å². The van der Waals surface area contributed by atoms with Crippen LogP contribution in [0.2, 0.25) is 0 Å². The van der Waals surface area contributed by atoms with Gasteiger partial charge in [-0.2, -0.15) is 0 Å². The fourth-order valence-corrected chi connectivity index (χ4v) is 3.58. The number of amides is 2. The van der Waals surface area contributed by atoms with Gasteiger partial charge in [0.1, 0.15) is 17.5 Å². The molecule has 0 spiro atoms. The van der Waals surface area contributed by atoms with Crippen LogP contribution in [0.4, 0.5) is 5.69 Å². The van der Waals surface area contributed by atoms with E-state index in [1.807, 2.05) is 20.8 Å². The smallest absolute Gasteiger partial charge is 0.235 e. The summed E-state index contributed by atoms with van der Waals surface area (Å²) in [6.07, 6.45) is 5.58. The van der Waals surface area contributed by atoms with E-state index < -0.39 is 5.92 Å². The maximum Gasteiger partial charge on any atom is 0.235 e. The molecule has 0 aromatic heterocycles.